The van der Waals surface area contributed by atoms with E-state index in [0.29, 0.717) is 0 Å². The van der Waals surface area contributed by atoms with E-state index in [4.69, 9.17) is 4.42 Å². The Balaban J connectivity index is 1.02. The lowest BCUT2D eigenvalue weighted by atomic mass is 9.83. The first-order chi connectivity index (χ1) is 26.3. The summed E-state index contributed by atoms with van der Waals surface area (Å²) in [7, 11) is 0. The van der Waals surface area contributed by atoms with Crippen LogP contribution >= 0.6 is 0 Å². The van der Waals surface area contributed by atoms with Crippen LogP contribution in [0.4, 0.5) is 34.1 Å². The molecule has 2 aromatic heterocycles. The van der Waals surface area contributed by atoms with Crippen LogP contribution in [0.3, 0.4) is 0 Å². The van der Waals surface area contributed by atoms with Gasteiger partial charge in [-0.3, -0.25) is 0 Å². The molecular weight excluding hydrogens is 647 g/mol. The topological polar surface area (TPSA) is 24.6 Å². The van der Waals surface area contributed by atoms with Crippen LogP contribution in [0.2, 0.25) is 0 Å². The third-order valence-electron chi connectivity index (χ3n) is 11.9. The number of furan rings is 1. The predicted molar refractivity (Wildman–Crippen MR) is 217 cm³/mol. The third kappa shape index (κ3) is 3.46. The molecule has 0 saturated heterocycles. The van der Waals surface area contributed by atoms with Crippen molar-refractivity contribution in [2.75, 3.05) is 9.80 Å². The molecule has 13 rings (SSSR count). The highest BCUT2D eigenvalue weighted by molar-refractivity contribution is 6.17. The molecule has 0 radical (unpaired) electrons. The van der Waals surface area contributed by atoms with Crippen molar-refractivity contribution in [3.8, 4) is 16.8 Å². The van der Waals surface area contributed by atoms with E-state index in [1.807, 2.05) is 0 Å². The molecule has 0 spiro atoms. The largest absolute Gasteiger partial charge is 0.456 e. The smallest absolute Gasteiger partial charge is 0.135 e. The van der Waals surface area contributed by atoms with Gasteiger partial charge < -0.3 is 18.8 Å². The average Bonchev–Trinajstić information content (AvgIpc) is 3.87. The zero-order chi connectivity index (χ0) is 34.4. The molecule has 2 aliphatic heterocycles. The highest BCUT2D eigenvalue weighted by Crippen LogP contribution is 2.59. The molecule has 0 bridgehead atoms. The lowest BCUT2D eigenvalue weighted by Crippen LogP contribution is -2.20. The van der Waals surface area contributed by atoms with Crippen molar-refractivity contribution < 1.29 is 4.42 Å². The second kappa shape index (κ2) is 9.84. The summed E-state index contributed by atoms with van der Waals surface area (Å²) in [5.74, 6) is 0.224. The van der Waals surface area contributed by atoms with E-state index in [2.05, 4.69) is 184 Å². The van der Waals surface area contributed by atoms with Gasteiger partial charge in [-0.2, -0.15) is 0 Å². The van der Waals surface area contributed by atoms with Gasteiger partial charge in [-0.15, -0.1) is 0 Å². The number of anilines is 6. The fourth-order valence-corrected chi connectivity index (χ4v) is 9.81. The zero-order valence-corrected chi connectivity index (χ0v) is 28.5. The van der Waals surface area contributed by atoms with Gasteiger partial charge in [-0.25, -0.2) is 0 Å². The van der Waals surface area contributed by atoms with E-state index < -0.39 is 0 Å². The number of rotatable bonds is 2. The van der Waals surface area contributed by atoms with Gasteiger partial charge in [0.1, 0.15) is 11.2 Å². The standard InChI is InChI=1S/C49H29N3O/c1-2-13-33-31(11-1)34-15-9-21-43-48(34)47(33)36-14-4-6-18-40(36)50(43)29-23-25-45-37(27-29)38-28-30(24-26-46(38)53-45)51-41-19-7-8-20-42(41)52-39-17-5-3-12-32(39)35-16-10-22-44(51)49(35)52/h1-28,47H. The Morgan fingerprint density at radius 2 is 0.981 bits per heavy atom. The summed E-state index contributed by atoms with van der Waals surface area (Å²) in [6.07, 6.45) is 0. The molecule has 1 aliphatic carbocycles. The second-order valence-electron chi connectivity index (χ2n) is 14.5. The van der Waals surface area contributed by atoms with Crippen molar-refractivity contribution in [3.05, 3.63) is 187 Å². The molecule has 53 heavy (non-hydrogen) atoms. The van der Waals surface area contributed by atoms with Crippen LogP contribution in [0.5, 0.6) is 0 Å². The van der Waals surface area contributed by atoms with Crippen molar-refractivity contribution >= 4 is 77.9 Å². The predicted octanol–water partition coefficient (Wildman–Crippen LogP) is 13.4. The molecule has 0 saturated carbocycles. The van der Waals surface area contributed by atoms with Gasteiger partial charge in [0, 0.05) is 38.8 Å². The first kappa shape index (κ1) is 27.7. The molecule has 3 aliphatic rings. The minimum absolute atomic E-state index is 0.224. The monoisotopic (exact) mass is 675 g/mol. The van der Waals surface area contributed by atoms with E-state index in [9.17, 15) is 0 Å². The molecule has 0 amide bonds. The molecule has 246 valence electrons. The third-order valence-corrected chi connectivity index (χ3v) is 11.9. The minimum atomic E-state index is 0.224. The highest BCUT2D eigenvalue weighted by Gasteiger charge is 2.39. The fraction of sp³-hybridized carbons (Fsp3) is 0.0204. The summed E-state index contributed by atoms with van der Waals surface area (Å²) in [6, 6.07) is 62.1. The van der Waals surface area contributed by atoms with E-state index in [1.54, 1.807) is 0 Å². The summed E-state index contributed by atoms with van der Waals surface area (Å²) in [5, 5.41) is 4.73. The summed E-state index contributed by atoms with van der Waals surface area (Å²) < 4.78 is 8.98. The van der Waals surface area contributed by atoms with Gasteiger partial charge in [-0.05, 0) is 101 Å². The van der Waals surface area contributed by atoms with Crippen LogP contribution in [0.25, 0.3) is 60.6 Å². The number of aromatic nitrogens is 1. The first-order valence-electron chi connectivity index (χ1n) is 18.3. The number of benzene rings is 8. The lowest BCUT2D eigenvalue weighted by Gasteiger charge is -2.36. The summed E-state index contributed by atoms with van der Waals surface area (Å²) in [5.41, 5.74) is 19.2. The van der Waals surface area contributed by atoms with Crippen LogP contribution in [0, 0.1) is 0 Å². The van der Waals surface area contributed by atoms with Crippen molar-refractivity contribution in [2.45, 2.75) is 5.92 Å². The second-order valence-corrected chi connectivity index (χ2v) is 14.5. The summed E-state index contributed by atoms with van der Waals surface area (Å²) >= 11 is 0. The van der Waals surface area contributed by atoms with Gasteiger partial charge >= 0.3 is 0 Å². The molecule has 4 heteroatoms. The zero-order valence-electron chi connectivity index (χ0n) is 28.5. The Morgan fingerprint density at radius 1 is 0.396 bits per heavy atom. The number of hydrogen-bond donors (Lipinski definition) is 0. The number of nitrogens with zero attached hydrogens (tertiary/aromatic N) is 3. The first-order valence-corrected chi connectivity index (χ1v) is 18.3. The maximum absolute atomic E-state index is 6.55. The maximum atomic E-state index is 6.55. The normalized spacial score (nSPS) is 14.9. The van der Waals surface area contributed by atoms with Gasteiger partial charge in [0.2, 0.25) is 0 Å². The van der Waals surface area contributed by atoms with Crippen LogP contribution in [-0.4, -0.2) is 4.57 Å². The molecule has 1 unspecified atom stereocenters. The van der Waals surface area contributed by atoms with E-state index in [-0.39, 0.29) is 5.92 Å². The van der Waals surface area contributed by atoms with Crippen LogP contribution < -0.4 is 9.80 Å². The summed E-state index contributed by atoms with van der Waals surface area (Å²) in [6.45, 7) is 0. The van der Waals surface area contributed by atoms with Crippen molar-refractivity contribution in [3.63, 3.8) is 0 Å². The molecule has 10 aromatic rings. The fourth-order valence-electron chi connectivity index (χ4n) is 9.81. The summed E-state index contributed by atoms with van der Waals surface area (Å²) in [4.78, 5) is 4.88. The molecule has 4 nitrogen and oxygen atoms in total. The van der Waals surface area contributed by atoms with Crippen molar-refractivity contribution in [1.29, 1.82) is 0 Å². The Bertz CT molecular complexity index is 3220. The molecule has 8 aromatic carbocycles. The molecule has 4 heterocycles. The number of hydrogen-bond acceptors (Lipinski definition) is 3. The minimum Gasteiger partial charge on any atom is -0.456 e. The average molecular weight is 676 g/mol. The molecular formula is C49H29N3O. The highest BCUT2D eigenvalue weighted by atomic mass is 16.3. The van der Waals surface area contributed by atoms with Gasteiger partial charge in [0.15, 0.2) is 0 Å². The van der Waals surface area contributed by atoms with E-state index >= 15 is 0 Å². The van der Waals surface area contributed by atoms with E-state index in [1.165, 1.54) is 72.4 Å². The Labute approximate surface area is 305 Å². The van der Waals surface area contributed by atoms with Gasteiger partial charge in [0.25, 0.3) is 0 Å². The van der Waals surface area contributed by atoms with Crippen molar-refractivity contribution in [2.24, 2.45) is 0 Å². The van der Waals surface area contributed by atoms with E-state index in [0.717, 1.165) is 39.0 Å². The Morgan fingerprint density at radius 3 is 1.81 bits per heavy atom. The quantitative estimate of drug-likeness (QED) is 0.182. The van der Waals surface area contributed by atoms with Crippen LogP contribution in [0.15, 0.2) is 174 Å². The molecule has 0 fully saturated rings. The molecule has 1 atom stereocenters. The van der Waals surface area contributed by atoms with Gasteiger partial charge in [-0.1, -0.05) is 97.1 Å². The van der Waals surface area contributed by atoms with Crippen LogP contribution in [0.1, 0.15) is 22.6 Å². The van der Waals surface area contributed by atoms with Crippen LogP contribution in [-0.2, 0) is 0 Å². The maximum Gasteiger partial charge on any atom is 0.135 e. The Kier molecular flexibility index (Phi) is 5.14. The number of fused-ring (bicyclic) bond motifs is 13. The Hall–Kier alpha value is -7.04. The van der Waals surface area contributed by atoms with Crippen molar-refractivity contribution in [1.82, 2.24) is 4.57 Å². The van der Waals surface area contributed by atoms with Gasteiger partial charge in [0.05, 0.1) is 39.5 Å². The SMILES string of the molecule is c1ccc2c(c1)-c1cccc3c1C2c1ccccc1N3c1ccc2oc3ccc(N4c5ccccc5-n5c6ccccc6c6cccc4c65)cc3c2c1. The molecule has 0 N–H and O–H groups in total. The lowest BCUT2D eigenvalue weighted by molar-refractivity contribution is 0.669. The number of para-hydroxylation sites is 5.